The van der Waals surface area contributed by atoms with Gasteiger partial charge in [0.15, 0.2) is 0 Å². The number of halogens is 2. The molecule has 1 aromatic rings. The summed E-state index contributed by atoms with van der Waals surface area (Å²) in [4.78, 5) is 0.0872. The molecule has 1 aliphatic rings. The summed E-state index contributed by atoms with van der Waals surface area (Å²) in [5.74, 6) is 0. The van der Waals surface area contributed by atoms with Crippen molar-refractivity contribution in [2.45, 2.75) is 30.2 Å². The highest BCUT2D eigenvalue weighted by molar-refractivity contribution is 9.10. The van der Waals surface area contributed by atoms with Crippen molar-refractivity contribution >= 4 is 37.6 Å². The van der Waals surface area contributed by atoms with Crippen LogP contribution in [0.1, 0.15) is 19.8 Å². The van der Waals surface area contributed by atoms with Crippen molar-refractivity contribution in [2.75, 3.05) is 13.2 Å². The van der Waals surface area contributed by atoms with E-state index >= 15 is 0 Å². The molecule has 1 N–H and O–H groups in total. The van der Waals surface area contributed by atoms with Crippen molar-refractivity contribution in [1.29, 1.82) is 0 Å². The van der Waals surface area contributed by atoms with E-state index in [0.717, 1.165) is 17.3 Å². The van der Waals surface area contributed by atoms with Gasteiger partial charge in [-0.05, 0) is 38.0 Å². The zero-order chi connectivity index (χ0) is 14.1. The highest BCUT2D eigenvalue weighted by Crippen LogP contribution is 2.27. The Balaban J connectivity index is 2.27. The van der Waals surface area contributed by atoms with E-state index in [1.54, 1.807) is 12.1 Å². The monoisotopic (exact) mass is 367 g/mol. The van der Waals surface area contributed by atoms with E-state index in [9.17, 15) is 8.42 Å². The van der Waals surface area contributed by atoms with Crippen LogP contribution >= 0.6 is 27.5 Å². The van der Waals surface area contributed by atoms with Gasteiger partial charge in [0.05, 0.1) is 17.2 Å². The van der Waals surface area contributed by atoms with Crippen LogP contribution in [0.2, 0.25) is 5.02 Å². The number of ether oxygens (including phenoxy) is 1. The molecule has 0 aliphatic carbocycles. The molecule has 1 fully saturated rings. The van der Waals surface area contributed by atoms with Gasteiger partial charge in [0.2, 0.25) is 10.0 Å². The molecule has 0 spiro atoms. The van der Waals surface area contributed by atoms with Gasteiger partial charge in [-0.2, -0.15) is 0 Å². The van der Waals surface area contributed by atoms with Crippen molar-refractivity contribution in [1.82, 2.24) is 4.72 Å². The lowest BCUT2D eigenvalue weighted by Crippen LogP contribution is -2.51. The minimum atomic E-state index is -3.65. The first-order valence-electron chi connectivity index (χ1n) is 5.89. The Labute approximate surface area is 126 Å². The van der Waals surface area contributed by atoms with Crippen molar-refractivity contribution in [3.63, 3.8) is 0 Å². The van der Waals surface area contributed by atoms with Gasteiger partial charge in [-0.15, -0.1) is 0 Å². The minimum Gasteiger partial charge on any atom is -0.380 e. The third-order valence-corrected chi connectivity index (χ3v) is 5.62. The Kier molecular flexibility index (Phi) is 4.57. The second-order valence-electron chi connectivity index (χ2n) is 4.90. The van der Waals surface area contributed by atoms with Gasteiger partial charge in [0.25, 0.3) is 0 Å². The van der Waals surface area contributed by atoms with Crippen molar-refractivity contribution in [3.05, 3.63) is 27.7 Å². The third-order valence-electron chi connectivity index (χ3n) is 3.00. The van der Waals surface area contributed by atoms with Crippen LogP contribution in [0.15, 0.2) is 27.6 Å². The summed E-state index contributed by atoms with van der Waals surface area (Å²) < 4.78 is 33.5. The molecule has 0 amide bonds. The van der Waals surface area contributed by atoms with Gasteiger partial charge in [0, 0.05) is 11.1 Å². The highest BCUT2D eigenvalue weighted by Gasteiger charge is 2.33. The molecule has 1 saturated heterocycles. The molecule has 0 aromatic heterocycles. The SMILES string of the molecule is CC1(NS(=O)(=O)c2ccc(Br)cc2Cl)CCCOC1. The Bertz CT molecular complexity index is 570. The summed E-state index contributed by atoms with van der Waals surface area (Å²) in [6, 6.07) is 4.71. The van der Waals surface area contributed by atoms with Crippen LogP contribution in [0.25, 0.3) is 0 Å². The van der Waals surface area contributed by atoms with Crippen LogP contribution in [0.3, 0.4) is 0 Å². The number of rotatable bonds is 3. The lowest BCUT2D eigenvalue weighted by Gasteiger charge is -2.33. The Hall–Kier alpha value is -0.140. The number of sulfonamides is 1. The zero-order valence-electron chi connectivity index (χ0n) is 10.4. The summed E-state index contributed by atoms with van der Waals surface area (Å²) in [5.41, 5.74) is -0.576. The number of hydrogen-bond donors (Lipinski definition) is 1. The standard InChI is InChI=1S/C12H15BrClNO3S/c1-12(5-2-6-18-8-12)15-19(16,17)11-4-3-9(13)7-10(11)14/h3-4,7,15H,2,5-6,8H2,1H3. The first kappa shape index (κ1) is 15.3. The van der Waals surface area contributed by atoms with Gasteiger partial charge >= 0.3 is 0 Å². The third kappa shape index (κ3) is 3.70. The van der Waals surface area contributed by atoms with Gasteiger partial charge in [-0.25, -0.2) is 13.1 Å². The molecule has 1 aliphatic heterocycles. The summed E-state index contributed by atoms with van der Waals surface area (Å²) in [5, 5.41) is 0.196. The molecule has 4 nitrogen and oxygen atoms in total. The first-order valence-corrected chi connectivity index (χ1v) is 8.55. The normalized spacial score (nSPS) is 24.4. The molecule has 19 heavy (non-hydrogen) atoms. The fourth-order valence-electron chi connectivity index (χ4n) is 2.09. The van der Waals surface area contributed by atoms with Crippen molar-refractivity contribution < 1.29 is 13.2 Å². The van der Waals surface area contributed by atoms with Crippen molar-refractivity contribution in [2.24, 2.45) is 0 Å². The average Bonchev–Trinajstić information content (AvgIpc) is 2.27. The fraction of sp³-hybridized carbons (Fsp3) is 0.500. The molecule has 0 radical (unpaired) electrons. The van der Waals surface area contributed by atoms with Crippen LogP contribution < -0.4 is 4.72 Å². The van der Waals surface area contributed by atoms with E-state index in [4.69, 9.17) is 16.3 Å². The largest absolute Gasteiger partial charge is 0.380 e. The lowest BCUT2D eigenvalue weighted by atomic mass is 9.97. The maximum atomic E-state index is 12.4. The quantitative estimate of drug-likeness (QED) is 0.892. The molecule has 1 heterocycles. The van der Waals surface area contributed by atoms with E-state index in [-0.39, 0.29) is 9.92 Å². The molecule has 0 saturated carbocycles. The average molecular weight is 369 g/mol. The summed E-state index contributed by atoms with van der Waals surface area (Å²) >= 11 is 9.25. The van der Waals surface area contributed by atoms with Crippen LogP contribution in [0.4, 0.5) is 0 Å². The van der Waals surface area contributed by atoms with Crippen LogP contribution in [0.5, 0.6) is 0 Å². The smallest absolute Gasteiger partial charge is 0.242 e. The molecular weight excluding hydrogens is 354 g/mol. The maximum absolute atomic E-state index is 12.4. The van der Waals surface area contributed by atoms with Crippen LogP contribution in [-0.4, -0.2) is 27.2 Å². The Morgan fingerprint density at radius 2 is 2.21 bits per heavy atom. The Morgan fingerprint density at radius 1 is 1.47 bits per heavy atom. The van der Waals surface area contributed by atoms with E-state index < -0.39 is 15.6 Å². The molecule has 1 unspecified atom stereocenters. The molecule has 2 rings (SSSR count). The van der Waals surface area contributed by atoms with Crippen molar-refractivity contribution in [3.8, 4) is 0 Å². The Morgan fingerprint density at radius 3 is 2.79 bits per heavy atom. The lowest BCUT2D eigenvalue weighted by molar-refractivity contribution is 0.0386. The first-order chi connectivity index (χ1) is 8.82. The van der Waals surface area contributed by atoms with E-state index in [1.807, 2.05) is 6.92 Å². The summed E-state index contributed by atoms with van der Waals surface area (Å²) in [6.45, 7) is 2.90. The highest BCUT2D eigenvalue weighted by atomic mass is 79.9. The predicted octanol–water partition coefficient (Wildman–Crippen LogP) is 2.95. The van der Waals surface area contributed by atoms with Crippen LogP contribution in [-0.2, 0) is 14.8 Å². The number of benzene rings is 1. The number of nitrogens with one attached hydrogen (secondary N) is 1. The summed E-state index contributed by atoms with van der Waals surface area (Å²) in [7, 11) is -3.65. The van der Waals surface area contributed by atoms with Gasteiger partial charge < -0.3 is 4.74 Å². The maximum Gasteiger partial charge on any atom is 0.242 e. The molecular formula is C12H15BrClNO3S. The van der Waals surface area contributed by atoms with Gasteiger partial charge in [-0.1, -0.05) is 27.5 Å². The van der Waals surface area contributed by atoms with Crippen LogP contribution in [0, 0.1) is 0 Å². The minimum absolute atomic E-state index is 0.0872. The summed E-state index contributed by atoms with van der Waals surface area (Å²) in [6.07, 6.45) is 1.59. The molecule has 106 valence electrons. The van der Waals surface area contributed by atoms with Gasteiger partial charge in [-0.3, -0.25) is 0 Å². The zero-order valence-corrected chi connectivity index (χ0v) is 13.6. The predicted molar refractivity (Wildman–Crippen MR) is 77.9 cm³/mol. The molecule has 1 atom stereocenters. The molecule has 1 aromatic carbocycles. The van der Waals surface area contributed by atoms with Gasteiger partial charge in [0.1, 0.15) is 4.90 Å². The topological polar surface area (TPSA) is 55.4 Å². The number of hydrogen-bond acceptors (Lipinski definition) is 3. The fourth-order valence-corrected chi connectivity index (χ4v) is 4.55. The molecule has 0 bridgehead atoms. The van der Waals surface area contributed by atoms with E-state index in [0.29, 0.717) is 13.2 Å². The van der Waals surface area contributed by atoms with E-state index in [2.05, 4.69) is 20.7 Å². The second-order valence-corrected chi connectivity index (χ2v) is 7.87. The molecule has 7 heteroatoms. The second kappa shape index (κ2) is 5.69. The van der Waals surface area contributed by atoms with E-state index in [1.165, 1.54) is 6.07 Å².